The molecule has 0 saturated carbocycles. The van der Waals surface area contributed by atoms with Crippen molar-refractivity contribution in [2.45, 2.75) is 26.3 Å². The molecule has 0 radical (unpaired) electrons. The number of hydrogen-bond donors (Lipinski definition) is 1. The number of hydrogen-bond acceptors (Lipinski definition) is 5. The number of carbonyl (C=O) groups is 1. The van der Waals surface area contributed by atoms with Gasteiger partial charge < -0.3 is 9.30 Å². The van der Waals surface area contributed by atoms with Gasteiger partial charge in [0, 0.05) is 40.8 Å². The zero-order valence-electron chi connectivity index (χ0n) is 18.3. The van der Waals surface area contributed by atoms with Crippen molar-refractivity contribution in [1.29, 1.82) is 5.26 Å². The summed E-state index contributed by atoms with van der Waals surface area (Å²) in [5, 5.41) is 15.4. The van der Waals surface area contributed by atoms with Crippen LogP contribution >= 0.6 is 11.3 Å². The number of ether oxygens (including phenoxy) is 1. The van der Waals surface area contributed by atoms with E-state index in [4.69, 9.17) is 4.74 Å². The number of nitrogens with zero attached hydrogens (tertiary/aromatic N) is 3. The average Bonchev–Trinajstić information content (AvgIpc) is 3.48. The molecule has 0 aliphatic carbocycles. The number of carbonyl (C=O) groups excluding carboxylic acids is 1. The van der Waals surface area contributed by atoms with Crippen molar-refractivity contribution >= 4 is 39.4 Å². The molecule has 166 valence electrons. The van der Waals surface area contributed by atoms with Crippen LogP contribution in [-0.2, 0) is 17.8 Å². The molecule has 0 spiro atoms. The molecule has 0 bridgehead atoms. The van der Waals surface area contributed by atoms with Crippen molar-refractivity contribution in [3.8, 4) is 11.8 Å². The van der Waals surface area contributed by atoms with Gasteiger partial charge in [0.25, 0.3) is 5.91 Å². The van der Waals surface area contributed by atoms with E-state index in [1.165, 1.54) is 16.9 Å². The lowest BCUT2D eigenvalue weighted by Gasteiger charge is -2.08. The highest BCUT2D eigenvalue weighted by Gasteiger charge is 2.13. The smallest absolute Gasteiger partial charge is 0.268 e. The highest BCUT2D eigenvalue weighted by Crippen LogP contribution is 2.24. The summed E-state index contributed by atoms with van der Waals surface area (Å²) in [6.07, 6.45) is 7.06. The Bertz CT molecular complexity index is 1300. The van der Waals surface area contributed by atoms with Gasteiger partial charge in [0.15, 0.2) is 5.13 Å². The van der Waals surface area contributed by atoms with Gasteiger partial charge in [0.05, 0.1) is 6.61 Å². The molecule has 0 unspecified atom stereocenters. The van der Waals surface area contributed by atoms with E-state index < -0.39 is 5.91 Å². The van der Waals surface area contributed by atoms with Gasteiger partial charge in [-0.1, -0.05) is 37.3 Å². The summed E-state index contributed by atoms with van der Waals surface area (Å²) in [5.74, 6) is 0.407. The lowest BCUT2D eigenvalue weighted by molar-refractivity contribution is -0.112. The predicted octanol–water partition coefficient (Wildman–Crippen LogP) is 5.67. The number of para-hydroxylation sites is 1. The van der Waals surface area contributed by atoms with E-state index in [1.54, 1.807) is 17.7 Å². The summed E-state index contributed by atoms with van der Waals surface area (Å²) >= 11 is 1.31. The fourth-order valence-corrected chi connectivity index (χ4v) is 4.10. The number of fused-ring (bicyclic) bond motifs is 1. The fraction of sp³-hybridized carbons (Fsp3) is 0.192. The quantitative estimate of drug-likeness (QED) is 0.200. The van der Waals surface area contributed by atoms with Crippen LogP contribution in [0.25, 0.3) is 17.0 Å². The monoisotopic (exact) mass is 456 g/mol. The van der Waals surface area contributed by atoms with Gasteiger partial charge in [-0.05, 0) is 42.7 Å². The van der Waals surface area contributed by atoms with E-state index in [9.17, 15) is 10.1 Å². The normalized spacial score (nSPS) is 11.3. The number of nitrogens with one attached hydrogen (secondary N) is 1. The maximum absolute atomic E-state index is 12.5. The Kier molecular flexibility index (Phi) is 7.18. The number of benzene rings is 2. The molecule has 33 heavy (non-hydrogen) atoms. The molecule has 0 fully saturated rings. The molecule has 4 aromatic rings. The molecular formula is C26H24N4O2S. The van der Waals surface area contributed by atoms with Crippen LogP contribution in [0.2, 0.25) is 0 Å². The van der Waals surface area contributed by atoms with Crippen LogP contribution in [0.1, 0.15) is 24.5 Å². The molecule has 2 heterocycles. The molecule has 0 saturated heterocycles. The van der Waals surface area contributed by atoms with Crippen molar-refractivity contribution in [2.24, 2.45) is 0 Å². The Labute approximate surface area is 196 Å². The van der Waals surface area contributed by atoms with Crippen molar-refractivity contribution in [3.05, 3.63) is 83.0 Å². The van der Waals surface area contributed by atoms with Gasteiger partial charge in [-0.25, -0.2) is 4.98 Å². The number of amides is 1. The minimum atomic E-state index is -0.466. The van der Waals surface area contributed by atoms with E-state index in [-0.39, 0.29) is 5.57 Å². The second-order valence-electron chi connectivity index (χ2n) is 7.46. The average molecular weight is 457 g/mol. The van der Waals surface area contributed by atoms with E-state index >= 15 is 0 Å². The van der Waals surface area contributed by atoms with Crippen molar-refractivity contribution in [1.82, 2.24) is 9.55 Å². The molecule has 2 aromatic heterocycles. The second-order valence-corrected chi connectivity index (χ2v) is 8.35. The molecule has 6 nitrogen and oxygen atoms in total. The lowest BCUT2D eigenvalue weighted by atomic mass is 10.1. The van der Waals surface area contributed by atoms with Gasteiger partial charge in [0.2, 0.25) is 0 Å². The highest BCUT2D eigenvalue weighted by molar-refractivity contribution is 7.13. The molecular weight excluding hydrogens is 432 g/mol. The maximum Gasteiger partial charge on any atom is 0.268 e. The summed E-state index contributed by atoms with van der Waals surface area (Å²) in [6.45, 7) is 3.49. The van der Waals surface area contributed by atoms with Crippen molar-refractivity contribution in [2.75, 3.05) is 11.9 Å². The first-order valence-corrected chi connectivity index (χ1v) is 11.7. The minimum absolute atomic E-state index is 0.0342. The molecule has 1 amide bonds. The highest BCUT2D eigenvalue weighted by atomic mass is 32.1. The number of aromatic nitrogens is 2. The molecule has 0 atom stereocenters. The number of aryl methyl sites for hydroxylation is 2. The second kappa shape index (κ2) is 10.6. The molecule has 2 aromatic carbocycles. The van der Waals surface area contributed by atoms with Crippen LogP contribution in [0.4, 0.5) is 5.13 Å². The van der Waals surface area contributed by atoms with Gasteiger partial charge in [0.1, 0.15) is 17.4 Å². The first-order chi connectivity index (χ1) is 16.2. The third-order valence-electron chi connectivity index (χ3n) is 5.28. The van der Waals surface area contributed by atoms with Gasteiger partial charge >= 0.3 is 0 Å². The molecule has 1 N–H and O–H groups in total. The Hall–Kier alpha value is -3.89. The zero-order chi connectivity index (χ0) is 23.0. The maximum atomic E-state index is 12.5. The third kappa shape index (κ3) is 5.48. The summed E-state index contributed by atoms with van der Waals surface area (Å²) in [5.41, 5.74) is 3.20. The Morgan fingerprint density at radius 3 is 2.79 bits per heavy atom. The molecule has 0 aliphatic heterocycles. The predicted molar refractivity (Wildman–Crippen MR) is 132 cm³/mol. The summed E-state index contributed by atoms with van der Waals surface area (Å²) in [7, 11) is 0. The van der Waals surface area contributed by atoms with Crippen LogP contribution in [-0.4, -0.2) is 22.1 Å². The molecule has 4 rings (SSSR count). The summed E-state index contributed by atoms with van der Waals surface area (Å²) < 4.78 is 8.02. The lowest BCUT2D eigenvalue weighted by Crippen LogP contribution is -2.13. The van der Waals surface area contributed by atoms with Crippen LogP contribution in [0.15, 0.2) is 71.9 Å². The largest absolute Gasteiger partial charge is 0.494 e. The first kappa shape index (κ1) is 22.3. The number of rotatable bonds is 9. The first-order valence-electron chi connectivity index (χ1n) is 10.8. The summed E-state index contributed by atoms with van der Waals surface area (Å²) in [6, 6.07) is 18.2. The number of thiazole rings is 1. The molecule has 0 aliphatic rings. The molecule has 7 heteroatoms. The Balaban J connectivity index is 1.46. The topological polar surface area (TPSA) is 79.9 Å². The van der Waals surface area contributed by atoms with E-state index in [0.717, 1.165) is 41.6 Å². The van der Waals surface area contributed by atoms with Crippen LogP contribution in [0.5, 0.6) is 5.75 Å². The van der Waals surface area contributed by atoms with E-state index in [1.807, 2.05) is 48.7 Å². The Morgan fingerprint density at radius 1 is 1.24 bits per heavy atom. The standard InChI is InChI=1S/C26H24N4O2S/c1-2-19-8-10-22(11-9-19)32-14-5-13-30-18-21(23-6-3-4-7-24(23)30)16-20(17-27)25(31)29-26-28-12-15-33-26/h3-4,6-12,15-16,18H,2,5,13-14H2,1H3,(H,28,29,31)/b20-16-. The fourth-order valence-electron chi connectivity index (χ4n) is 3.58. The van der Waals surface area contributed by atoms with Gasteiger partial charge in [-0.3, -0.25) is 10.1 Å². The third-order valence-corrected chi connectivity index (χ3v) is 5.97. The number of anilines is 1. The van der Waals surface area contributed by atoms with Gasteiger partial charge in [-0.2, -0.15) is 5.26 Å². The summed E-state index contributed by atoms with van der Waals surface area (Å²) in [4.78, 5) is 16.6. The van der Waals surface area contributed by atoms with Crippen LogP contribution in [0, 0.1) is 11.3 Å². The minimum Gasteiger partial charge on any atom is -0.494 e. The van der Waals surface area contributed by atoms with E-state index in [0.29, 0.717) is 11.7 Å². The van der Waals surface area contributed by atoms with Crippen molar-refractivity contribution < 1.29 is 9.53 Å². The van der Waals surface area contributed by atoms with E-state index in [2.05, 4.69) is 33.9 Å². The van der Waals surface area contributed by atoms with Crippen LogP contribution in [0.3, 0.4) is 0 Å². The van der Waals surface area contributed by atoms with Crippen molar-refractivity contribution in [3.63, 3.8) is 0 Å². The van der Waals surface area contributed by atoms with Gasteiger partial charge in [-0.15, -0.1) is 11.3 Å². The Morgan fingerprint density at radius 2 is 2.06 bits per heavy atom. The zero-order valence-corrected chi connectivity index (χ0v) is 19.1. The SMILES string of the molecule is CCc1ccc(OCCCn2cc(/C=C(/C#N)C(=O)Nc3nccs3)c3ccccc32)cc1. The van der Waals surface area contributed by atoms with Crippen LogP contribution < -0.4 is 10.1 Å². The number of nitriles is 1.